The minimum absolute atomic E-state index is 0.853. The number of rotatable bonds is 6. The molecule has 0 radical (unpaired) electrons. The maximum Gasteiger partial charge on any atom is 0.0664 e. The van der Waals surface area contributed by atoms with E-state index in [4.69, 9.17) is 0 Å². The summed E-state index contributed by atoms with van der Waals surface area (Å²) in [5.74, 6) is 0. The summed E-state index contributed by atoms with van der Waals surface area (Å²) >= 11 is 0. The lowest BCUT2D eigenvalue weighted by atomic mass is 10.00. The van der Waals surface area contributed by atoms with Gasteiger partial charge in [-0.25, -0.2) is 0 Å². The third-order valence-corrected chi connectivity index (χ3v) is 3.60. The maximum absolute atomic E-state index is 4.47. The summed E-state index contributed by atoms with van der Waals surface area (Å²) in [7, 11) is 0. The molecular formula is C17H25N3. The van der Waals surface area contributed by atoms with E-state index in [9.17, 15) is 0 Å². The topological polar surface area (TPSA) is 29.9 Å². The molecule has 108 valence electrons. The molecule has 1 N–H and O–H groups in total. The quantitative estimate of drug-likeness (QED) is 0.817. The van der Waals surface area contributed by atoms with Gasteiger partial charge in [-0.15, -0.1) is 0 Å². The van der Waals surface area contributed by atoms with Crippen LogP contribution in [0.25, 0.3) is 0 Å². The van der Waals surface area contributed by atoms with Gasteiger partial charge in [0.1, 0.15) is 0 Å². The highest BCUT2D eigenvalue weighted by atomic mass is 15.3. The van der Waals surface area contributed by atoms with Crippen LogP contribution in [0.4, 0.5) is 0 Å². The highest BCUT2D eigenvalue weighted by Crippen LogP contribution is 2.17. The van der Waals surface area contributed by atoms with Crippen molar-refractivity contribution in [2.24, 2.45) is 0 Å². The Bertz CT molecular complexity index is 546. The van der Waals surface area contributed by atoms with Crippen LogP contribution in [0.5, 0.6) is 0 Å². The predicted octanol–water partition coefficient (Wildman–Crippen LogP) is 3.36. The van der Waals surface area contributed by atoms with Crippen LogP contribution in [0.15, 0.2) is 24.5 Å². The van der Waals surface area contributed by atoms with E-state index in [1.54, 1.807) is 0 Å². The molecule has 0 aliphatic heterocycles. The normalized spacial score (nSPS) is 11.0. The van der Waals surface area contributed by atoms with Crippen LogP contribution in [-0.2, 0) is 13.1 Å². The van der Waals surface area contributed by atoms with E-state index < -0.39 is 0 Å². The van der Waals surface area contributed by atoms with Crippen LogP contribution in [0.1, 0.15) is 41.2 Å². The Hall–Kier alpha value is -1.61. The first kappa shape index (κ1) is 14.8. The zero-order valence-electron chi connectivity index (χ0n) is 13.0. The number of hydrogen-bond donors (Lipinski definition) is 1. The van der Waals surface area contributed by atoms with Crippen LogP contribution in [0.2, 0.25) is 0 Å². The van der Waals surface area contributed by atoms with E-state index in [1.807, 2.05) is 10.9 Å². The molecule has 0 saturated carbocycles. The Morgan fingerprint density at radius 2 is 1.85 bits per heavy atom. The molecule has 3 heteroatoms. The molecular weight excluding hydrogens is 246 g/mol. The molecule has 1 aromatic carbocycles. The highest BCUT2D eigenvalue weighted by Gasteiger charge is 2.06. The first-order valence-corrected chi connectivity index (χ1v) is 7.39. The molecule has 1 aromatic heterocycles. The van der Waals surface area contributed by atoms with Crippen molar-refractivity contribution in [1.82, 2.24) is 15.1 Å². The van der Waals surface area contributed by atoms with E-state index in [0.717, 1.165) is 26.1 Å². The van der Waals surface area contributed by atoms with Crippen molar-refractivity contribution in [3.05, 3.63) is 52.3 Å². The fraction of sp³-hybridized carbons (Fsp3) is 0.471. The third-order valence-electron chi connectivity index (χ3n) is 3.60. The molecule has 0 unspecified atom stereocenters. The predicted molar refractivity (Wildman–Crippen MR) is 84.0 cm³/mol. The van der Waals surface area contributed by atoms with E-state index in [1.165, 1.54) is 27.8 Å². The van der Waals surface area contributed by atoms with Gasteiger partial charge in [0.2, 0.25) is 0 Å². The van der Waals surface area contributed by atoms with Crippen molar-refractivity contribution in [1.29, 1.82) is 0 Å². The smallest absolute Gasteiger partial charge is 0.0664 e. The van der Waals surface area contributed by atoms with Crippen molar-refractivity contribution < 1.29 is 0 Å². The molecule has 0 aliphatic rings. The lowest BCUT2D eigenvalue weighted by Gasteiger charge is -2.11. The van der Waals surface area contributed by atoms with E-state index >= 15 is 0 Å². The number of hydrogen-bond acceptors (Lipinski definition) is 2. The van der Waals surface area contributed by atoms with Crippen LogP contribution in [0, 0.1) is 20.8 Å². The second-order valence-corrected chi connectivity index (χ2v) is 5.60. The van der Waals surface area contributed by atoms with Gasteiger partial charge in [-0.2, -0.15) is 5.10 Å². The maximum atomic E-state index is 4.47. The second-order valence-electron chi connectivity index (χ2n) is 5.60. The molecule has 2 rings (SSSR count). The lowest BCUT2D eigenvalue weighted by molar-refractivity contribution is 0.666. The van der Waals surface area contributed by atoms with Crippen LogP contribution < -0.4 is 5.32 Å². The number of nitrogens with one attached hydrogen (secondary N) is 1. The lowest BCUT2D eigenvalue weighted by Crippen LogP contribution is -2.13. The van der Waals surface area contributed by atoms with Crippen molar-refractivity contribution >= 4 is 0 Å². The van der Waals surface area contributed by atoms with Crippen molar-refractivity contribution in [2.45, 2.75) is 47.2 Å². The number of nitrogens with zero attached hydrogens (tertiary/aromatic N) is 2. The largest absolute Gasteiger partial charge is 0.313 e. The minimum atomic E-state index is 0.853. The van der Waals surface area contributed by atoms with Crippen LogP contribution in [0.3, 0.4) is 0 Å². The Kier molecular flexibility index (Phi) is 4.96. The summed E-state index contributed by atoms with van der Waals surface area (Å²) in [5, 5.41) is 7.88. The fourth-order valence-electron chi connectivity index (χ4n) is 2.61. The Balaban J connectivity index is 2.07. The molecule has 1 heterocycles. The van der Waals surface area contributed by atoms with Crippen molar-refractivity contribution in [3.63, 3.8) is 0 Å². The molecule has 0 saturated heterocycles. The summed E-state index contributed by atoms with van der Waals surface area (Å²) in [6, 6.07) is 4.49. The number of aryl methyl sites for hydroxylation is 3. The monoisotopic (exact) mass is 271 g/mol. The van der Waals surface area contributed by atoms with Gasteiger partial charge >= 0.3 is 0 Å². The van der Waals surface area contributed by atoms with Gasteiger partial charge in [0.15, 0.2) is 0 Å². The summed E-state index contributed by atoms with van der Waals surface area (Å²) in [6.45, 7) is 11.5. The average molecular weight is 271 g/mol. The molecule has 20 heavy (non-hydrogen) atoms. The molecule has 0 aliphatic carbocycles. The summed E-state index contributed by atoms with van der Waals surface area (Å²) in [5.41, 5.74) is 6.66. The molecule has 3 nitrogen and oxygen atoms in total. The molecule has 0 fully saturated rings. The molecule has 0 atom stereocenters. The molecule has 0 spiro atoms. The fourth-order valence-corrected chi connectivity index (χ4v) is 2.61. The Morgan fingerprint density at radius 3 is 2.50 bits per heavy atom. The van der Waals surface area contributed by atoms with E-state index in [0.29, 0.717) is 0 Å². The average Bonchev–Trinajstić information content (AvgIpc) is 2.82. The van der Waals surface area contributed by atoms with Crippen molar-refractivity contribution in [2.75, 3.05) is 6.54 Å². The van der Waals surface area contributed by atoms with Gasteiger partial charge in [-0.3, -0.25) is 4.68 Å². The highest BCUT2D eigenvalue weighted by molar-refractivity contribution is 5.37. The second kappa shape index (κ2) is 6.71. The first-order valence-electron chi connectivity index (χ1n) is 7.39. The SMILES string of the molecule is CCCNCc1cnn(Cc2c(C)cc(C)cc2C)c1. The van der Waals surface area contributed by atoms with Gasteiger partial charge in [0, 0.05) is 18.3 Å². The molecule has 2 aromatic rings. The third kappa shape index (κ3) is 3.70. The zero-order chi connectivity index (χ0) is 14.5. The van der Waals surface area contributed by atoms with Crippen LogP contribution >= 0.6 is 0 Å². The van der Waals surface area contributed by atoms with Gasteiger partial charge in [0.05, 0.1) is 12.7 Å². The Labute approximate surface area is 122 Å². The standard InChI is InChI=1S/C17H25N3/c1-5-6-18-9-16-10-19-20(11-16)12-17-14(3)7-13(2)8-15(17)4/h7-8,10-11,18H,5-6,9,12H2,1-4H3. The number of benzene rings is 1. The molecule has 0 amide bonds. The van der Waals surface area contributed by atoms with E-state index in [2.05, 4.69) is 56.4 Å². The van der Waals surface area contributed by atoms with Gasteiger partial charge in [0.25, 0.3) is 0 Å². The van der Waals surface area contributed by atoms with Gasteiger partial charge in [-0.05, 0) is 50.4 Å². The Morgan fingerprint density at radius 1 is 1.15 bits per heavy atom. The van der Waals surface area contributed by atoms with Gasteiger partial charge in [-0.1, -0.05) is 24.6 Å². The van der Waals surface area contributed by atoms with E-state index in [-0.39, 0.29) is 0 Å². The summed E-state index contributed by atoms with van der Waals surface area (Å²) in [6.07, 6.45) is 5.26. The van der Waals surface area contributed by atoms with Crippen molar-refractivity contribution in [3.8, 4) is 0 Å². The summed E-state index contributed by atoms with van der Waals surface area (Å²) in [4.78, 5) is 0. The first-order chi connectivity index (χ1) is 9.60. The zero-order valence-corrected chi connectivity index (χ0v) is 13.0. The summed E-state index contributed by atoms with van der Waals surface area (Å²) < 4.78 is 2.04. The van der Waals surface area contributed by atoms with Gasteiger partial charge < -0.3 is 5.32 Å². The molecule has 0 bridgehead atoms. The minimum Gasteiger partial charge on any atom is -0.313 e. The number of aromatic nitrogens is 2. The van der Waals surface area contributed by atoms with Crippen LogP contribution in [-0.4, -0.2) is 16.3 Å².